The highest BCUT2D eigenvalue weighted by Gasteiger charge is 2.58. The molecular formula is C72H131O24P. The Morgan fingerprint density at radius 3 is 1.30 bits per heavy atom. The molecule has 0 bridgehead atoms. The molecule has 2 heterocycles. The number of carbonyl (C=O) groups excluding carboxylic acids is 3. The van der Waals surface area contributed by atoms with Crippen LogP contribution in [0.25, 0.3) is 0 Å². The lowest BCUT2D eigenvalue weighted by molar-refractivity contribution is -0.360. The van der Waals surface area contributed by atoms with Crippen molar-refractivity contribution in [2.75, 3.05) is 26.4 Å². The fourth-order valence-electron chi connectivity index (χ4n) is 12.5. The number of hydrogen-bond donors (Lipinski definition) is 11. The first-order valence-corrected chi connectivity index (χ1v) is 39.0. The third kappa shape index (κ3) is 36.9. The fourth-order valence-corrected chi connectivity index (χ4v) is 13.5. The maximum absolute atomic E-state index is 14.3. The molecule has 19 atom stereocenters. The molecule has 1 aliphatic carbocycles. The van der Waals surface area contributed by atoms with E-state index in [1.165, 1.54) is 141 Å². The predicted molar refractivity (Wildman–Crippen MR) is 365 cm³/mol. The zero-order chi connectivity index (χ0) is 71.2. The van der Waals surface area contributed by atoms with Crippen molar-refractivity contribution >= 4 is 25.7 Å². The lowest BCUT2D eigenvalue weighted by atomic mass is 9.84. The van der Waals surface area contributed by atoms with Crippen LogP contribution in [0.5, 0.6) is 0 Å². The molecule has 97 heavy (non-hydrogen) atoms. The van der Waals surface area contributed by atoms with E-state index >= 15 is 0 Å². The van der Waals surface area contributed by atoms with Gasteiger partial charge in [-0.2, -0.15) is 0 Å². The summed E-state index contributed by atoms with van der Waals surface area (Å²) in [5, 5.41) is 110. The molecule has 25 heteroatoms. The van der Waals surface area contributed by atoms with Crippen LogP contribution in [0.4, 0.5) is 0 Å². The average molecular weight is 1410 g/mol. The van der Waals surface area contributed by atoms with Crippen molar-refractivity contribution in [2.24, 2.45) is 5.92 Å². The molecule has 2 aliphatic heterocycles. The standard InChI is InChI=1S/C72H131O24P/c1-5-8-11-14-17-19-21-22-23-24-26-28-30-37-42-47-58(76)91-53(49-88-56(74)45-40-36-32-31-34-39-44-52(4)43-38-33-16-13-10-7-3)50-90-97(86,87)96-70-68(94-71-66(84)61(79)59(77)54(48-73)92-71)64(82)63(81)65(83)69(70)95-72-67(85)62(80)60(78)55(93-72)51-89-57(75)46-41-35-29-27-25-20-18-15-12-9-6-2/h30,37,42,47,52-55,59-73,77-85H,5-29,31-36,38-41,43-46,48-51H2,1-4H3,(H,86,87)/b37-30+,47-42+. The Labute approximate surface area is 579 Å². The molecule has 0 aromatic heterocycles. The van der Waals surface area contributed by atoms with Gasteiger partial charge in [0.15, 0.2) is 18.7 Å². The number of esters is 3. The van der Waals surface area contributed by atoms with Gasteiger partial charge in [0.2, 0.25) is 0 Å². The predicted octanol–water partition coefficient (Wildman–Crippen LogP) is 9.98. The molecule has 24 nitrogen and oxygen atoms in total. The zero-order valence-corrected chi connectivity index (χ0v) is 60.2. The molecule has 3 fully saturated rings. The molecule has 19 unspecified atom stereocenters. The third-order valence-electron chi connectivity index (χ3n) is 18.7. The van der Waals surface area contributed by atoms with Crippen molar-refractivity contribution in [3.8, 4) is 0 Å². The van der Waals surface area contributed by atoms with Gasteiger partial charge in [-0.3, -0.25) is 18.6 Å². The zero-order valence-electron chi connectivity index (χ0n) is 59.3. The van der Waals surface area contributed by atoms with E-state index < -0.39 is 156 Å². The molecule has 11 N–H and O–H groups in total. The van der Waals surface area contributed by atoms with Crippen molar-refractivity contribution < 1.29 is 117 Å². The SMILES string of the molecule is CCCCCCCCCCCCC/C=C/C=C/C(=O)OC(COC(=O)CCCCCCCCC(C)CCCCCCCC)COP(=O)(O)OC1C(OC2OC(CO)C(O)C(O)C2O)C(O)C(O)C(O)C1OC1OC(COC(=O)CCCCCCCCCCCCC)C(O)C(O)C1O. The highest BCUT2D eigenvalue weighted by molar-refractivity contribution is 7.47. The molecule has 568 valence electrons. The Morgan fingerprint density at radius 2 is 0.845 bits per heavy atom. The van der Waals surface area contributed by atoms with E-state index in [-0.39, 0.29) is 12.8 Å². The van der Waals surface area contributed by atoms with E-state index in [1.807, 2.05) is 6.08 Å². The molecule has 0 amide bonds. The van der Waals surface area contributed by atoms with E-state index in [0.29, 0.717) is 18.8 Å². The normalized spacial score (nSPS) is 28.2. The van der Waals surface area contributed by atoms with Gasteiger partial charge in [-0.1, -0.05) is 258 Å². The van der Waals surface area contributed by atoms with Crippen molar-refractivity contribution in [1.82, 2.24) is 0 Å². The third-order valence-corrected chi connectivity index (χ3v) is 19.7. The fraction of sp³-hybridized carbons (Fsp3) is 0.903. The summed E-state index contributed by atoms with van der Waals surface area (Å²) in [4.78, 5) is 50.9. The van der Waals surface area contributed by atoms with Crippen LogP contribution in [-0.2, 0) is 61.2 Å². The number of unbranched alkanes of at least 4 members (excludes halogenated alkanes) is 31. The first kappa shape index (κ1) is 88.7. The quantitative estimate of drug-likeness (QED) is 0.00673. The Hall–Kier alpha value is -2.56. The summed E-state index contributed by atoms with van der Waals surface area (Å²) in [6, 6.07) is 0. The van der Waals surface area contributed by atoms with Crippen molar-refractivity contribution in [3.05, 3.63) is 24.3 Å². The Balaban J connectivity index is 1.77. The van der Waals surface area contributed by atoms with Crippen LogP contribution < -0.4 is 0 Å². The first-order chi connectivity index (χ1) is 46.7. The summed E-state index contributed by atoms with van der Waals surface area (Å²) < 4.78 is 64.8. The second kappa shape index (κ2) is 53.3. The number of carbonyl (C=O) groups is 3. The second-order valence-electron chi connectivity index (χ2n) is 27.4. The monoisotopic (exact) mass is 1410 g/mol. The van der Waals surface area contributed by atoms with Crippen LogP contribution in [0.1, 0.15) is 278 Å². The lowest BCUT2D eigenvalue weighted by Gasteiger charge is -2.49. The number of hydrogen-bond acceptors (Lipinski definition) is 23. The Kier molecular flexibility index (Phi) is 48.7. The molecule has 0 radical (unpaired) electrons. The van der Waals surface area contributed by atoms with E-state index in [1.54, 1.807) is 6.08 Å². The number of phosphoric ester groups is 1. The minimum Gasteiger partial charge on any atom is -0.463 e. The van der Waals surface area contributed by atoms with E-state index in [0.717, 1.165) is 96.0 Å². The van der Waals surface area contributed by atoms with Gasteiger partial charge < -0.3 is 89.1 Å². The van der Waals surface area contributed by atoms with Gasteiger partial charge >= 0.3 is 25.7 Å². The highest BCUT2D eigenvalue weighted by atomic mass is 31.2. The van der Waals surface area contributed by atoms with Crippen molar-refractivity contribution in [1.29, 1.82) is 0 Å². The summed E-state index contributed by atoms with van der Waals surface area (Å²) in [5.41, 5.74) is 0. The van der Waals surface area contributed by atoms with E-state index in [4.69, 9.17) is 42.2 Å². The molecular weight excluding hydrogens is 1280 g/mol. The molecule has 3 aliphatic rings. The van der Waals surface area contributed by atoms with Gasteiger partial charge in [0.25, 0.3) is 0 Å². The van der Waals surface area contributed by atoms with Crippen LogP contribution in [0.2, 0.25) is 0 Å². The molecule has 0 spiro atoms. The van der Waals surface area contributed by atoms with Crippen molar-refractivity contribution in [3.63, 3.8) is 0 Å². The van der Waals surface area contributed by atoms with Gasteiger partial charge in [-0.05, 0) is 31.6 Å². The smallest absolute Gasteiger partial charge is 0.463 e. The second-order valence-corrected chi connectivity index (χ2v) is 28.8. The van der Waals surface area contributed by atoms with Gasteiger partial charge in [0.05, 0.1) is 13.2 Å². The maximum atomic E-state index is 14.3. The summed E-state index contributed by atoms with van der Waals surface area (Å²) >= 11 is 0. The number of aliphatic hydroxyl groups excluding tert-OH is 10. The van der Waals surface area contributed by atoms with Gasteiger partial charge in [0, 0.05) is 18.9 Å². The minimum absolute atomic E-state index is 0.0262. The lowest BCUT2D eigenvalue weighted by Crippen LogP contribution is -2.69. The summed E-state index contributed by atoms with van der Waals surface area (Å²) in [6.45, 7) is 5.64. The molecule has 0 aromatic carbocycles. The van der Waals surface area contributed by atoms with Crippen molar-refractivity contribution in [2.45, 2.75) is 382 Å². The maximum Gasteiger partial charge on any atom is 0.472 e. The molecule has 1 saturated carbocycles. The summed E-state index contributed by atoms with van der Waals surface area (Å²) in [7, 11) is -5.72. The number of aliphatic hydroxyl groups is 10. The highest BCUT2D eigenvalue weighted by Crippen LogP contribution is 2.49. The number of allylic oxidation sites excluding steroid dienone is 3. The molecule has 2 saturated heterocycles. The van der Waals surface area contributed by atoms with Crippen LogP contribution in [0.15, 0.2) is 24.3 Å². The topological polar surface area (TPSA) is 374 Å². The molecule has 0 aromatic rings. The Bertz CT molecular complexity index is 2120. The largest absolute Gasteiger partial charge is 0.472 e. The molecule has 3 rings (SSSR count). The van der Waals surface area contributed by atoms with Gasteiger partial charge in [-0.25, -0.2) is 9.36 Å². The Morgan fingerprint density at radius 1 is 0.454 bits per heavy atom. The average Bonchev–Trinajstić information content (AvgIpc) is 0.765. The van der Waals surface area contributed by atoms with Crippen LogP contribution in [-0.4, -0.2) is 204 Å². The first-order valence-electron chi connectivity index (χ1n) is 37.6. The number of ether oxygens (including phenoxy) is 7. The van der Waals surface area contributed by atoms with Crippen LogP contribution in [0.3, 0.4) is 0 Å². The number of phosphoric acid groups is 1. The summed E-state index contributed by atoms with van der Waals surface area (Å²) in [5.74, 6) is -1.55. The number of rotatable bonds is 57. The van der Waals surface area contributed by atoms with Crippen LogP contribution in [0, 0.1) is 5.92 Å². The van der Waals surface area contributed by atoms with E-state index in [9.17, 15) is 74.9 Å². The summed E-state index contributed by atoms with van der Waals surface area (Å²) in [6.07, 6.45) is 11.9. The van der Waals surface area contributed by atoms with Gasteiger partial charge in [0.1, 0.15) is 98.7 Å². The van der Waals surface area contributed by atoms with Crippen LogP contribution >= 0.6 is 7.82 Å². The van der Waals surface area contributed by atoms with Gasteiger partial charge in [-0.15, -0.1) is 0 Å². The van der Waals surface area contributed by atoms with E-state index in [2.05, 4.69) is 27.7 Å². The minimum atomic E-state index is -5.72.